The van der Waals surface area contributed by atoms with Gasteiger partial charge in [0.15, 0.2) is 0 Å². The van der Waals surface area contributed by atoms with E-state index in [4.69, 9.17) is 4.74 Å². The van der Waals surface area contributed by atoms with E-state index in [2.05, 4.69) is 15.9 Å². The SMILES string of the molecule is COc1ccc([C@H]2C(=C(O)c3ccc(Br)cc3)C(=O)C(=O)N2c2cccc(C(F)(F)F)c2)cc1. The summed E-state index contributed by atoms with van der Waals surface area (Å²) in [6.07, 6.45) is -4.64. The van der Waals surface area contributed by atoms with Gasteiger partial charge in [0.2, 0.25) is 0 Å². The number of benzene rings is 3. The van der Waals surface area contributed by atoms with E-state index in [1.54, 1.807) is 48.5 Å². The Balaban J connectivity index is 1.93. The second-order valence-electron chi connectivity index (χ2n) is 7.50. The predicted molar refractivity (Wildman–Crippen MR) is 123 cm³/mol. The lowest BCUT2D eigenvalue weighted by molar-refractivity contribution is -0.137. The van der Waals surface area contributed by atoms with Gasteiger partial charge in [0.1, 0.15) is 11.5 Å². The number of carbonyl (C=O) groups excluding carboxylic acids is 2. The van der Waals surface area contributed by atoms with Crippen molar-refractivity contribution in [1.29, 1.82) is 0 Å². The van der Waals surface area contributed by atoms with E-state index >= 15 is 0 Å². The molecule has 0 saturated carbocycles. The number of hydrogen-bond acceptors (Lipinski definition) is 4. The second kappa shape index (κ2) is 8.98. The minimum absolute atomic E-state index is 0.118. The zero-order valence-electron chi connectivity index (χ0n) is 17.6. The summed E-state index contributed by atoms with van der Waals surface area (Å²) in [6, 6.07) is 15.8. The van der Waals surface area contributed by atoms with Crippen molar-refractivity contribution in [3.05, 3.63) is 99.5 Å². The maximum atomic E-state index is 13.4. The van der Waals surface area contributed by atoms with E-state index in [-0.39, 0.29) is 16.8 Å². The Morgan fingerprint density at radius 1 is 1.00 bits per heavy atom. The highest BCUT2D eigenvalue weighted by Crippen LogP contribution is 2.43. The van der Waals surface area contributed by atoms with Gasteiger partial charge in [-0.25, -0.2) is 0 Å². The van der Waals surface area contributed by atoms with Crippen LogP contribution in [0.2, 0.25) is 0 Å². The molecule has 3 aromatic rings. The Labute approximate surface area is 201 Å². The standard InChI is InChI=1S/C25H17BrF3NO4/c1-34-19-11-7-14(8-12-19)21-20(22(31)15-5-9-17(26)10-6-15)23(32)24(33)30(21)18-4-2-3-16(13-18)25(27,28)29/h2-13,21,31H,1H3/t21-/m0/s1. The predicted octanol–water partition coefficient (Wildman–Crippen LogP) is 6.10. The molecule has 1 fully saturated rings. The molecule has 34 heavy (non-hydrogen) atoms. The number of nitrogens with zero attached hydrogens (tertiary/aromatic N) is 1. The number of amides is 1. The number of ether oxygens (including phenoxy) is 1. The average molecular weight is 532 g/mol. The number of ketones is 1. The number of aliphatic hydroxyl groups is 1. The minimum atomic E-state index is -4.64. The number of aliphatic hydroxyl groups excluding tert-OH is 1. The molecule has 9 heteroatoms. The highest BCUT2D eigenvalue weighted by Gasteiger charge is 2.47. The maximum absolute atomic E-state index is 13.4. The van der Waals surface area contributed by atoms with Gasteiger partial charge < -0.3 is 9.84 Å². The molecule has 4 rings (SSSR count). The molecule has 0 spiro atoms. The molecular weight excluding hydrogens is 515 g/mol. The van der Waals surface area contributed by atoms with Crippen molar-refractivity contribution in [1.82, 2.24) is 0 Å². The maximum Gasteiger partial charge on any atom is 0.416 e. The molecule has 0 bridgehead atoms. The van der Waals surface area contributed by atoms with Gasteiger partial charge >= 0.3 is 6.18 Å². The van der Waals surface area contributed by atoms with Crippen LogP contribution in [-0.4, -0.2) is 23.9 Å². The molecule has 1 atom stereocenters. The lowest BCUT2D eigenvalue weighted by Gasteiger charge is -2.26. The van der Waals surface area contributed by atoms with Crippen molar-refractivity contribution in [2.24, 2.45) is 0 Å². The van der Waals surface area contributed by atoms with Gasteiger partial charge in [0.25, 0.3) is 11.7 Å². The van der Waals surface area contributed by atoms with E-state index in [0.717, 1.165) is 27.6 Å². The van der Waals surface area contributed by atoms with Crippen molar-refractivity contribution < 1.29 is 32.6 Å². The van der Waals surface area contributed by atoms with Gasteiger partial charge in [-0.1, -0.05) is 46.3 Å². The Hall–Kier alpha value is -3.59. The third kappa shape index (κ3) is 4.31. The fourth-order valence-corrected chi connectivity index (χ4v) is 4.06. The molecule has 1 amide bonds. The molecule has 3 aromatic carbocycles. The lowest BCUT2D eigenvalue weighted by Crippen LogP contribution is -2.29. The molecule has 1 saturated heterocycles. The van der Waals surface area contributed by atoms with Gasteiger partial charge in [-0.05, 0) is 48.0 Å². The fourth-order valence-electron chi connectivity index (χ4n) is 3.80. The molecule has 5 nitrogen and oxygen atoms in total. The quantitative estimate of drug-likeness (QED) is 0.251. The molecule has 1 aliphatic rings. The average Bonchev–Trinajstić information content (AvgIpc) is 3.09. The third-order valence-electron chi connectivity index (χ3n) is 5.45. The van der Waals surface area contributed by atoms with Crippen molar-refractivity contribution >= 4 is 39.1 Å². The van der Waals surface area contributed by atoms with Crippen LogP contribution in [0.3, 0.4) is 0 Å². The normalized spacial score (nSPS) is 17.8. The zero-order chi connectivity index (χ0) is 24.6. The lowest BCUT2D eigenvalue weighted by atomic mass is 9.95. The molecule has 1 heterocycles. The molecule has 0 unspecified atom stereocenters. The van der Waals surface area contributed by atoms with Crippen LogP contribution in [0.1, 0.15) is 22.7 Å². The van der Waals surface area contributed by atoms with Crippen LogP contribution in [0.15, 0.2) is 82.8 Å². The van der Waals surface area contributed by atoms with Crippen LogP contribution in [0.4, 0.5) is 18.9 Å². The van der Waals surface area contributed by atoms with Crippen LogP contribution in [0.25, 0.3) is 5.76 Å². The van der Waals surface area contributed by atoms with Crippen LogP contribution in [-0.2, 0) is 15.8 Å². The Morgan fingerprint density at radius 2 is 1.65 bits per heavy atom. The summed E-state index contributed by atoms with van der Waals surface area (Å²) in [7, 11) is 1.47. The summed E-state index contributed by atoms with van der Waals surface area (Å²) >= 11 is 3.29. The zero-order valence-corrected chi connectivity index (χ0v) is 19.2. The van der Waals surface area contributed by atoms with Crippen molar-refractivity contribution in [2.75, 3.05) is 12.0 Å². The summed E-state index contributed by atoms with van der Waals surface area (Å²) in [5.74, 6) is -1.97. The molecular formula is C25H17BrF3NO4. The van der Waals surface area contributed by atoms with Gasteiger partial charge in [-0.15, -0.1) is 0 Å². The van der Waals surface area contributed by atoms with E-state index < -0.39 is 35.2 Å². The Morgan fingerprint density at radius 3 is 2.24 bits per heavy atom. The number of hydrogen-bond donors (Lipinski definition) is 1. The summed E-state index contributed by atoms with van der Waals surface area (Å²) in [6.45, 7) is 0. The van der Waals surface area contributed by atoms with Gasteiger partial charge in [0, 0.05) is 15.7 Å². The number of Topliss-reactive ketones (excluding diaryl/α,β-unsaturated/α-hetero) is 1. The first-order valence-electron chi connectivity index (χ1n) is 10.00. The Kier molecular flexibility index (Phi) is 6.22. The number of alkyl halides is 3. The van der Waals surface area contributed by atoms with Gasteiger partial charge in [-0.2, -0.15) is 13.2 Å². The van der Waals surface area contributed by atoms with Crippen molar-refractivity contribution in [3.8, 4) is 5.75 Å². The van der Waals surface area contributed by atoms with Crippen LogP contribution < -0.4 is 9.64 Å². The summed E-state index contributed by atoms with van der Waals surface area (Å²) in [4.78, 5) is 27.2. The second-order valence-corrected chi connectivity index (χ2v) is 8.41. The van der Waals surface area contributed by atoms with Crippen LogP contribution in [0.5, 0.6) is 5.75 Å². The minimum Gasteiger partial charge on any atom is -0.507 e. The number of methoxy groups -OCH3 is 1. The largest absolute Gasteiger partial charge is 0.507 e. The highest BCUT2D eigenvalue weighted by molar-refractivity contribution is 9.10. The smallest absolute Gasteiger partial charge is 0.416 e. The third-order valence-corrected chi connectivity index (χ3v) is 5.97. The molecule has 174 valence electrons. The van der Waals surface area contributed by atoms with Crippen LogP contribution in [0, 0.1) is 0 Å². The topological polar surface area (TPSA) is 66.8 Å². The Bertz CT molecular complexity index is 1280. The summed E-state index contributed by atoms with van der Waals surface area (Å²) < 4.78 is 46.0. The molecule has 1 aliphatic heterocycles. The molecule has 0 aliphatic carbocycles. The van der Waals surface area contributed by atoms with E-state index in [0.29, 0.717) is 11.3 Å². The van der Waals surface area contributed by atoms with Gasteiger partial charge in [-0.3, -0.25) is 14.5 Å². The summed E-state index contributed by atoms with van der Waals surface area (Å²) in [5, 5.41) is 11.0. The van der Waals surface area contributed by atoms with E-state index in [1.165, 1.54) is 13.2 Å². The first-order valence-corrected chi connectivity index (χ1v) is 10.8. The fraction of sp³-hybridized carbons (Fsp3) is 0.120. The highest BCUT2D eigenvalue weighted by atomic mass is 79.9. The van der Waals surface area contributed by atoms with Gasteiger partial charge in [0.05, 0.1) is 24.3 Å². The van der Waals surface area contributed by atoms with Crippen LogP contribution >= 0.6 is 15.9 Å². The number of halogens is 4. The molecule has 0 radical (unpaired) electrons. The first-order chi connectivity index (χ1) is 16.1. The van der Waals surface area contributed by atoms with Crippen molar-refractivity contribution in [2.45, 2.75) is 12.2 Å². The van der Waals surface area contributed by atoms with E-state index in [1.807, 2.05) is 0 Å². The number of anilines is 1. The molecule has 1 N–H and O–H groups in total. The monoisotopic (exact) mass is 531 g/mol. The number of rotatable bonds is 4. The molecule has 0 aromatic heterocycles. The summed E-state index contributed by atoms with van der Waals surface area (Å²) in [5.41, 5.74) is -0.615. The van der Waals surface area contributed by atoms with Crippen molar-refractivity contribution in [3.63, 3.8) is 0 Å². The first kappa shape index (κ1) is 23.6. The number of carbonyl (C=O) groups is 2. The van der Waals surface area contributed by atoms with E-state index in [9.17, 15) is 27.9 Å².